The van der Waals surface area contributed by atoms with Crippen molar-refractivity contribution in [2.24, 2.45) is 0 Å². The van der Waals surface area contributed by atoms with Crippen LogP contribution in [0.3, 0.4) is 0 Å². The molecule has 5 rings (SSSR count). The van der Waals surface area contributed by atoms with Crippen molar-refractivity contribution in [1.29, 1.82) is 0 Å². The van der Waals surface area contributed by atoms with E-state index in [1.165, 1.54) is 5.39 Å². The standard InChI is InChI=1S/C24H21N5O2/c1-16-6-4-7-18(14-16)29-23(21-10-5-13-31-21)27-22(28-29)24(30)25-12-11-17-15-26-20-9-3-2-8-19(17)20/h2-10,13-15,26H,11-12H2,1H3,(H,25,30). The molecule has 31 heavy (non-hydrogen) atoms. The molecule has 0 radical (unpaired) electrons. The molecule has 0 aliphatic heterocycles. The summed E-state index contributed by atoms with van der Waals surface area (Å²) in [5, 5.41) is 8.56. The van der Waals surface area contributed by atoms with Crippen LogP contribution in [0.4, 0.5) is 0 Å². The Kier molecular flexibility index (Phi) is 4.84. The minimum atomic E-state index is -0.320. The van der Waals surface area contributed by atoms with Gasteiger partial charge < -0.3 is 14.7 Å². The summed E-state index contributed by atoms with van der Waals surface area (Å²) in [5.74, 6) is 0.815. The zero-order valence-electron chi connectivity index (χ0n) is 17.0. The van der Waals surface area contributed by atoms with Gasteiger partial charge in [-0.15, -0.1) is 5.10 Å². The third-order valence-electron chi connectivity index (χ3n) is 5.15. The van der Waals surface area contributed by atoms with E-state index in [2.05, 4.69) is 26.4 Å². The Morgan fingerprint density at radius 2 is 2.03 bits per heavy atom. The summed E-state index contributed by atoms with van der Waals surface area (Å²) in [5.41, 5.74) is 4.15. The molecule has 3 aromatic heterocycles. The number of benzene rings is 2. The fraction of sp³-hybridized carbons (Fsp3) is 0.125. The number of amides is 1. The molecule has 3 heterocycles. The summed E-state index contributed by atoms with van der Waals surface area (Å²) in [4.78, 5) is 20.5. The fourth-order valence-electron chi connectivity index (χ4n) is 3.64. The zero-order valence-corrected chi connectivity index (χ0v) is 17.0. The molecule has 0 unspecified atom stereocenters. The molecule has 0 bridgehead atoms. The van der Waals surface area contributed by atoms with E-state index in [-0.39, 0.29) is 11.7 Å². The molecule has 0 spiro atoms. The lowest BCUT2D eigenvalue weighted by Crippen LogP contribution is -2.26. The number of rotatable bonds is 6. The van der Waals surface area contributed by atoms with Gasteiger partial charge in [0.05, 0.1) is 12.0 Å². The highest BCUT2D eigenvalue weighted by Crippen LogP contribution is 2.22. The van der Waals surface area contributed by atoms with E-state index in [1.807, 2.05) is 55.6 Å². The third kappa shape index (κ3) is 3.73. The first-order valence-electron chi connectivity index (χ1n) is 10.1. The van der Waals surface area contributed by atoms with Crippen LogP contribution in [0.1, 0.15) is 21.7 Å². The molecule has 1 amide bonds. The number of nitrogens with zero attached hydrogens (tertiary/aromatic N) is 3. The van der Waals surface area contributed by atoms with Gasteiger partial charge in [0.1, 0.15) is 0 Å². The number of para-hydroxylation sites is 1. The number of fused-ring (bicyclic) bond motifs is 1. The van der Waals surface area contributed by atoms with Crippen molar-refractivity contribution in [1.82, 2.24) is 25.1 Å². The van der Waals surface area contributed by atoms with Crippen LogP contribution in [0.5, 0.6) is 0 Å². The molecule has 0 aliphatic carbocycles. The Morgan fingerprint density at radius 3 is 2.87 bits per heavy atom. The molecule has 2 N–H and O–H groups in total. The monoisotopic (exact) mass is 411 g/mol. The average molecular weight is 411 g/mol. The van der Waals surface area contributed by atoms with Gasteiger partial charge in [0.25, 0.3) is 5.91 Å². The molecule has 0 aliphatic rings. The highest BCUT2D eigenvalue weighted by atomic mass is 16.3. The Labute approximate surface area is 178 Å². The maximum Gasteiger partial charge on any atom is 0.291 e. The van der Waals surface area contributed by atoms with Crippen LogP contribution in [0.2, 0.25) is 0 Å². The highest BCUT2D eigenvalue weighted by molar-refractivity contribution is 5.91. The van der Waals surface area contributed by atoms with Crippen LogP contribution in [0.15, 0.2) is 77.5 Å². The topological polar surface area (TPSA) is 88.7 Å². The van der Waals surface area contributed by atoms with Gasteiger partial charge in [-0.2, -0.15) is 4.98 Å². The maximum atomic E-state index is 12.8. The van der Waals surface area contributed by atoms with Crippen LogP contribution in [-0.4, -0.2) is 32.2 Å². The average Bonchev–Trinajstić information content (AvgIpc) is 3.53. The minimum Gasteiger partial charge on any atom is -0.461 e. The molecular weight excluding hydrogens is 390 g/mol. The molecular formula is C24H21N5O2. The number of nitrogens with one attached hydrogen (secondary N) is 2. The predicted molar refractivity (Wildman–Crippen MR) is 118 cm³/mol. The summed E-state index contributed by atoms with van der Waals surface area (Å²) in [6.45, 7) is 2.49. The number of aryl methyl sites for hydroxylation is 1. The fourth-order valence-corrected chi connectivity index (χ4v) is 3.64. The minimum absolute atomic E-state index is 0.104. The zero-order chi connectivity index (χ0) is 21.2. The first-order chi connectivity index (χ1) is 15.2. The molecule has 7 heteroatoms. The summed E-state index contributed by atoms with van der Waals surface area (Å²) in [7, 11) is 0. The van der Waals surface area contributed by atoms with Crippen molar-refractivity contribution in [3.8, 4) is 17.3 Å². The van der Waals surface area contributed by atoms with Gasteiger partial charge in [-0.3, -0.25) is 4.79 Å². The molecule has 154 valence electrons. The number of aromatic amines is 1. The Balaban J connectivity index is 1.37. The van der Waals surface area contributed by atoms with Crippen LogP contribution >= 0.6 is 0 Å². The lowest BCUT2D eigenvalue weighted by molar-refractivity contribution is 0.0944. The maximum absolute atomic E-state index is 12.8. The molecule has 0 saturated heterocycles. The lowest BCUT2D eigenvalue weighted by atomic mass is 10.1. The molecule has 0 saturated carbocycles. The van der Waals surface area contributed by atoms with Crippen LogP contribution in [-0.2, 0) is 6.42 Å². The second kappa shape index (κ2) is 7.95. The van der Waals surface area contributed by atoms with Gasteiger partial charge in [0.15, 0.2) is 11.6 Å². The summed E-state index contributed by atoms with van der Waals surface area (Å²) < 4.78 is 7.16. The van der Waals surface area contributed by atoms with E-state index < -0.39 is 0 Å². The number of furan rings is 1. The number of H-pyrrole nitrogens is 1. The van der Waals surface area contributed by atoms with Gasteiger partial charge >= 0.3 is 0 Å². The van der Waals surface area contributed by atoms with Crippen molar-refractivity contribution < 1.29 is 9.21 Å². The van der Waals surface area contributed by atoms with E-state index in [0.717, 1.165) is 22.3 Å². The van der Waals surface area contributed by atoms with E-state index in [4.69, 9.17) is 4.42 Å². The van der Waals surface area contributed by atoms with Gasteiger partial charge in [-0.1, -0.05) is 30.3 Å². The molecule has 7 nitrogen and oxygen atoms in total. The van der Waals surface area contributed by atoms with Crippen molar-refractivity contribution >= 4 is 16.8 Å². The number of carbonyl (C=O) groups is 1. The SMILES string of the molecule is Cc1cccc(-n2nc(C(=O)NCCc3c[nH]c4ccccc34)nc2-c2ccco2)c1. The first kappa shape index (κ1) is 18.9. The predicted octanol–water partition coefficient (Wildman–Crippen LogP) is 4.29. The van der Waals surface area contributed by atoms with Crippen molar-refractivity contribution in [3.63, 3.8) is 0 Å². The quantitative estimate of drug-likeness (QED) is 0.436. The second-order valence-electron chi connectivity index (χ2n) is 7.35. The largest absolute Gasteiger partial charge is 0.461 e. The third-order valence-corrected chi connectivity index (χ3v) is 5.15. The summed E-state index contributed by atoms with van der Waals surface area (Å²) in [6.07, 6.45) is 4.27. The number of hydrogen-bond donors (Lipinski definition) is 2. The van der Waals surface area contributed by atoms with E-state index >= 15 is 0 Å². The molecule has 0 fully saturated rings. The lowest BCUT2D eigenvalue weighted by Gasteiger charge is -2.04. The highest BCUT2D eigenvalue weighted by Gasteiger charge is 2.20. The molecule has 0 atom stereocenters. The smallest absolute Gasteiger partial charge is 0.291 e. The number of carbonyl (C=O) groups excluding carboxylic acids is 1. The summed E-state index contributed by atoms with van der Waals surface area (Å²) in [6, 6.07) is 19.6. The van der Waals surface area contributed by atoms with E-state index in [0.29, 0.717) is 24.6 Å². The van der Waals surface area contributed by atoms with Crippen molar-refractivity contribution in [3.05, 3.63) is 90.1 Å². The van der Waals surface area contributed by atoms with Crippen molar-refractivity contribution in [2.45, 2.75) is 13.3 Å². The van der Waals surface area contributed by atoms with Gasteiger partial charge in [0, 0.05) is 23.6 Å². The van der Waals surface area contributed by atoms with Crippen LogP contribution < -0.4 is 5.32 Å². The summed E-state index contributed by atoms with van der Waals surface area (Å²) >= 11 is 0. The first-order valence-corrected chi connectivity index (χ1v) is 10.1. The Bertz CT molecular complexity index is 1350. The number of aromatic nitrogens is 4. The van der Waals surface area contributed by atoms with Crippen molar-refractivity contribution in [2.75, 3.05) is 6.54 Å². The Morgan fingerprint density at radius 1 is 1.13 bits per heavy atom. The van der Waals surface area contributed by atoms with Crippen LogP contribution in [0.25, 0.3) is 28.2 Å². The normalized spacial score (nSPS) is 11.1. The number of hydrogen-bond acceptors (Lipinski definition) is 4. The Hall–Kier alpha value is -4.13. The van der Waals surface area contributed by atoms with Gasteiger partial charge in [-0.25, -0.2) is 4.68 Å². The molecule has 5 aromatic rings. The van der Waals surface area contributed by atoms with E-state index in [9.17, 15) is 4.79 Å². The second-order valence-corrected chi connectivity index (χ2v) is 7.35. The van der Waals surface area contributed by atoms with Gasteiger partial charge in [-0.05, 0) is 54.8 Å². The van der Waals surface area contributed by atoms with Gasteiger partial charge in [0.2, 0.25) is 5.82 Å². The molecule has 2 aromatic carbocycles. The van der Waals surface area contributed by atoms with Crippen LogP contribution in [0, 0.1) is 6.92 Å². The van der Waals surface area contributed by atoms with E-state index in [1.54, 1.807) is 23.1 Å².